The second-order valence-corrected chi connectivity index (χ2v) is 5.43. The fraction of sp³-hybridized carbons (Fsp3) is 0.133. The molecule has 19 heavy (non-hydrogen) atoms. The molecule has 0 spiro atoms. The van der Waals surface area contributed by atoms with Gasteiger partial charge >= 0.3 is 0 Å². The Morgan fingerprint density at radius 1 is 1.11 bits per heavy atom. The first kappa shape index (κ1) is 12.1. The summed E-state index contributed by atoms with van der Waals surface area (Å²) >= 11 is 1.63. The summed E-state index contributed by atoms with van der Waals surface area (Å²) in [6.07, 6.45) is 0. The van der Waals surface area contributed by atoms with Gasteiger partial charge in [0.05, 0.1) is 21.9 Å². The van der Waals surface area contributed by atoms with Gasteiger partial charge in [0.15, 0.2) is 0 Å². The molecule has 4 heteroatoms. The first-order valence-corrected chi connectivity index (χ1v) is 6.92. The van der Waals surface area contributed by atoms with Crippen LogP contribution in [0.2, 0.25) is 0 Å². The van der Waals surface area contributed by atoms with E-state index >= 15 is 0 Å². The third-order valence-electron chi connectivity index (χ3n) is 2.93. The van der Waals surface area contributed by atoms with Gasteiger partial charge in [0.2, 0.25) is 0 Å². The average molecular weight is 272 g/mol. The third kappa shape index (κ3) is 2.44. The highest BCUT2D eigenvalue weighted by Gasteiger charge is 2.12. The van der Waals surface area contributed by atoms with Crippen LogP contribution in [0.4, 0.5) is 10.1 Å². The van der Waals surface area contributed by atoms with Crippen LogP contribution in [0.25, 0.3) is 10.2 Å². The second-order valence-electron chi connectivity index (χ2n) is 4.37. The van der Waals surface area contributed by atoms with Gasteiger partial charge in [-0.15, -0.1) is 11.3 Å². The Hall–Kier alpha value is -1.94. The van der Waals surface area contributed by atoms with Crippen LogP contribution in [0.1, 0.15) is 18.0 Å². The standard InChI is InChI=1S/C15H13FN2S/c1-10(17-12-7-3-2-6-11(12)16)15-18-13-8-4-5-9-14(13)19-15/h2-10,17H,1H3. The van der Waals surface area contributed by atoms with E-state index in [0.29, 0.717) is 5.69 Å². The maximum absolute atomic E-state index is 13.6. The van der Waals surface area contributed by atoms with E-state index in [0.717, 1.165) is 15.2 Å². The number of aromatic nitrogens is 1. The van der Waals surface area contributed by atoms with Gasteiger partial charge in [-0.3, -0.25) is 0 Å². The predicted molar refractivity (Wildman–Crippen MR) is 78.1 cm³/mol. The van der Waals surface area contributed by atoms with Crippen molar-refractivity contribution in [2.45, 2.75) is 13.0 Å². The lowest BCUT2D eigenvalue weighted by Gasteiger charge is -2.12. The number of hydrogen-bond acceptors (Lipinski definition) is 3. The maximum atomic E-state index is 13.6. The van der Waals surface area contributed by atoms with Crippen molar-refractivity contribution in [3.63, 3.8) is 0 Å². The van der Waals surface area contributed by atoms with E-state index in [2.05, 4.69) is 10.3 Å². The molecule has 1 atom stereocenters. The molecule has 1 N–H and O–H groups in total. The van der Waals surface area contributed by atoms with Crippen molar-refractivity contribution >= 4 is 27.2 Å². The molecular weight excluding hydrogens is 259 g/mol. The van der Waals surface area contributed by atoms with Crippen LogP contribution in [-0.2, 0) is 0 Å². The number of fused-ring (bicyclic) bond motifs is 1. The number of thiazole rings is 1. The Labute approximate surface area is 114 Å². The summed E-state index contributed by atoms with van der Waals surface area (Å²) in [7, 11) is 0. The van der Waals surface area contributed by atoms with E-state index in [1.54, 1.807) is 23.5 Å². The summed E-state index contributed by atoms with van der Waals surface area (Å²) in [4.78, 5) is 4.57. The molecule has 2 nitrogen and oxygen atoms in total. The molecule has 0 aliphatic heterocycles. The maximum Gasteiger partial charge on any atom is 0.146 e. The SMILES string of the molecule is CC(Nc1ccccc1F)c1nc2ccccc2s1. The lowest BCUT2D eigenvalue weighted by molar-refractivity contribution is 0.627. The van der Waals surface area contributed by atoms with Crippen molar-refractivity contribution in [2.24, 2.45) is 0 Å². The molecule has 3 rings (SSSR count). The Balaban J connectivity index is 1.87. The summed E-state index contributed by atoms with van der Waals surface area (Å²) in [6, 6.07) is 14.7. The zero-order valence-corrected chi connectivity index (χ0v) is 11.2. The number of nitrogens with one attached hydrogen (secondary N) is 1. The molecule has 1 heterocycles. The molecule has 0 aliphatic carbocycles. The summed E-state index contributed by atoms with van der Waals surface area (Å²) in [5.74, 6) is -0.240. The lowest BCUT2D eigenvalue weighted by Crippen LogP contribution is -2.07. The number of para-hydroxylation sites is 2. The molecule has 0 amide bonds. The summed E-state index contributed by atoms with van der Waals surface area (Å²) in [6.45, 7) is 1.99. The van der Waals surface area contributed by atoms with Crippen molar-refractivity contribution in [3.8, 4) is 0 Å². The summed E-state index contributed by atoms with van der Waals surface area (Å²) in [5, 5.41) is 4.12. The van der Waals surface area contributed by atoms with Crippen molar-refractivity contribution in [2.75, 3.05) is 5.32 Å². The molecular formula is C15H13FN2S. The molecule has 2 aromatic carbocycles. The number of hydrogen-bond donors (Lipinski definition) is 1. The smallest absolute Gasteiger partial charge is 0.146 e. The first-order chi connectivity index (χ1) is 9.24. The van der Waals surface area contributed by atoms with Crippen LogP contribution in [0.3, 0.4) is 0 Å². The largest absolute Gasteiger partial charge is 0.374 e. The van der Waals surface area contributed by atoms with E-state index in [4.69, 9.17) is 0 Å². The van der Waals surface area contributed by atoms with E-state index in [1.807, 2.05) is 37.3 Å². The number of nitrogens with zero attached hydrogens (tertiary/aromatic N) is 1. The van der Waals surface area contributed by atoms with Gasteiger partial charge in [0.25, 0.3) is 0 Å². The lowest BCUT2D eigenvalue weighted by atomic mass is 10.2. The molecule has 1 aromatic heterocycles. The van der Waals surface area contributed by atoms with Crippen LogP contribution in [-0.4, -0.2) is 4.98 Å². The van der Waals surface area contributed by atoms with Crippen LogP contribution in [0.15, 0.2) is 48.5 Å². The Bertz CT molecular complexity index is 675. The van der Waals surface area contributed by atoms with Crippen LogP contribution in [0, 0.1) is 5.82 Å². The zero-order chi connectivity index (χ0) is 13.2. The number of rotatable bonds is 3. The van der Waals surface area contributed by atoms with Gasteiger partial charge < -0.3 is 5.32 Å². The average Bonchev–Trinajstić information content (AvgIpc) is 2.85. The Kier molecular flexibility index (Phi) is 3.17. The van der Waals surface area contributed by atoms with Gasteiger partial charge in [-0.05, 0) is 31.2 Å². The Morgan fingerprint density at radius 3 is 2.63 bits per heavy atom. The molecule has 0 radical (unpaired) electrons. The van der Waals surface area contributed by atoms with Gasteiger partial charge in [-0.2, -0.15) is 0 Å². The Morgan fingerprint density at radius 2 is 1.84 bits per heavy atom. The van der Waals surface area contributed by atoms with Gasteiger partial charge in [0, 0.05) is 0 Å². The van der Waals surface area contributed by atoms with Crippen LogP contribution < -0.4 is 5.32 Å². The minimum Gasteiger partial charge on any atom is -0.374 e. The molecule has 96 valence electrons. The minimum absolute atomic E-state index is 0.0192. The van der Waals surface area contributed by atoms with Crippen LogP contribution >= 0.6 is 11.3 Å². The number of halogens is 1. The predicted octanol–water partition coefficient (Wildman–Crippen LogP) is 4.61. The molecule has 0 bridgehead atoms. The van der Waals surface area contributed by atoms with E-state index in [-0.39, 0.29) is 11.9 Å². The summed E-state index contributed by atoms with van der Waals surface area (Å²) < 4.78 is 14.7. The van der Waals surface area contributed by atoms with Gasteiger partial charge in [0.1, 0.15) is 10.8 Å². The van der Waals surface area contributed by atoms with Gasteiger partial charge in [-0.25, -0.2) is 9.37 Å². The monoisotopic (exact) mass is 272 g/mol. The second kappa shape index (κ2) is 4.97. The van der Waals surface area contributed by atoms with Crippen molar-refractivity contribution in [1.29, 1.82) is 0 Å². The van der Waals surface area contributed by atoms with Gasteiger partial charge in [-0.1, -0.05) is 24.3 Å². The molecule has 0 saturated heterocycles. The molecule has 0 saturated carbocycles. The highest BCUT2D eigenvalue weighted by Crippen LogP contribution is 2.28. The first-order valence-electron chi connectivity index (χ1n) is 6.10. The highest BCUT2D eigenvalue weighted by molar-refractivity contribution is 7.18. The van der Waals surface area contributed by atoms with Crippen molar-refractivity contribution < 1.29 is 4.39 Å². The van der Waals surface area contributed by atoms with E-state index < -0.39 is 0 Å². The topological polar surface area (TPSA) is 24.9 Å². The molecule has 1 unspecified atom stereocenters. The number of anilines is 1. The minimum atomic E-state index is -0.240. The fourth-order valence-electron chi connectivity index (χ4n) is 1.95. The fourth-order valence-corrected chi connectivity index (χ4v) is 2.92. The molecule has 3 aromatic rings. The quantitative estimate of drug-likeness (QED) is 0.753. The van der Waals surface area contributed by atoms with Crippen molar-refractivity contribution in [3.05, 3.63) is 59.4 Å². The van der Waals surface area contributed by atoms with Crippen molar-refractivity contribution in [1.82, 2.24) is 4.98 Å². The highest BCUT2D eigenvalue weighted by atomic mass is 32.1. The van der Waals surface area contributed by atoms with E-state index in [1.165, 1.54) is 6.07 Å². The molecule has 0 aliphatic rings. The summed E-state index contributed by atoms with van der Waals surface area (Å²) in [5.41, 5.74) is 1.50. The zero-order valence-electron chi connectivity index (χ0n) is 10.4. The number of benzene rings is 2. The van der Waals surface area contributed by atoms with E-state index in [9.17, 15) is 4.39 Å². The van der Waals surface area contributed by atoms with Crippen LogP contribution in [0.5, 0.6) is 0 Å². The normalized spacial score (nSPS) is 12.5. The molecule has 0 fully saturated rings. The third-order valence-corrected chi connectivity index (χ3v) is 4.15.